The molecule has 0 saturated heterocycles. The lowest BCUT2D eigenvalue weighted by molar-refractivity contribution is -0.138. The number of imidazole rings is 1. The number of fused-ring (bicyclic) bond motifs is 1. The average molecular weight is 234 g/mol. The Hall–Kier alpha value is -1.36. The summed E-state index contributed by atoms with van der Waals surface area (Å²) in [5, 5.41) is 0. The number of hydrogen-bond acceptors (Lipinski definition) is 3. The highest BCUT2D eigenvalue weighted by atomic mass is 16.2. The summed E-state index contributed by atoms with van der Waals surface area (Å²) >= 11 is 0. The van der Waals surface area contributed by atoms with E-state index in [-0.39, 0.29) is 5.91 Å². The largest absolute Gasteiger partial charge is 0.332 e. The molecule has 1 amide bonds. The van der Waals surface area contributed by atoms with E-state index in [4.69, 9.17) is 5.73 Å². The third-order valence-corrected chi connectivity index (χ3v) is 3.95. The molecule has 1 aromatic heterocycles. The summed E-state index contributed by atoms with van der Waals surface area (Å²) < 4.78 is 2.10. The first-order valence-electron chi connectivity index (χ1n) is 6.27. The third kappa shape index (κ3) is 1.74. The van der Waals surface area contributed by atoms with Crippen molar-refractivity contribution in [2.24, 2.45) is 5.73 Å². The zero-order valence-electron chi connectivity index (χ0n) is 9.93. The minimum Gasteiger partial charge on any atom is -0.332 e. The van der Waals surface area contributed by atoms with Gasteiger partial charge in [0.1, 0.15) is 5.82 Å². The number of nitrogens with zero attached hydrogens (tertiary/aromatic N) is 3. The molecule has 1 saturated carbocycles. The number of hydrogen-bond donors (Lipinski definition) is 1. The van der Waals surface area contributed by atoms with E-state index in [1.165, 1.54) is 0 Å². The Balaban J connectivity index is 1.76. The molecule has 0 aromatic carbocycles. The van der Waals surface area contributed by atoms with Crippen molar-refractivity contribution < 1.29 is 4.79 Å². The lowest BCUT2D eigenvalue weighted by Gasteiger charge is -2.34. The van der Waals surface area contributed by atoms with Crippen LogP contribution in [0.3, 0.4) is 0 Å². The van der Waals surface area contributed by atoms with E-state index in [2.05, 4.69) is 9.55 Å². The molecule has 92 valence electrons. The van der Waals surface area contributed by atoms with Crippen LogP contribution in [0, 0.1) is 0 Å². The molecular weight excluding hydrogens is 216 g/mol. The van der Waals surface area contributed by atoms with Gasteiger partial charge in [0.15, 0.2) is 0 Å². The van der Waals surface area contributed by atoms with Gasteiger partial charge in [-0.2, -0.15) is 0 Å². The molecular formula is C12H18N4O. The molecule has 17 heavy (non-hydrogen) atoms. The molecule has 3 rings (SSSR count). The number of rotatable bonds is 1. The number of amides is 1. The fraction of sp³-hybridized carbons (Fsp3) is 0.667. The first-order valence-corrected chi connectivity index (χ1v) is 6.27. The predicted molar refractivity (Wildman–Crippen MR) is 63.0 cm³/mol. The molecule has 5 heteroatoms. The van der Waals surface area contributed by atoms with Crippen molar-refractivity contribution in [2.45, 2.75) is 44.3 Å². The highest BCUT2D eigenvalue weighted by molar-refractivity contribution is 5.86. The second-order valence-corrected chi connectivity index (χ2v) is 5.13. The lowest BCUT2D eigenvalue weighted by atomic mass is 9.97. The molecule has 2 N–H and O–H groups in total. The minimum atomic E-state index is -0.602. The molecule has 2 aliphatic rings. The average Bonchev–Trinajstić information content (AvgIpc) is 2.96. The SMILES string of the molecule is NC1(C(=O)N2CCn3ccnc3C2)CCCC1. The molecule has 0 radical (unpaired) electrons. The van der Waals surface area contributed by atoms with E-state index >= 15 is 0 Å². The molecule has 0 unspecified atom stereocenters. The number of carbonyl (C=O) groups excluding carboxylic acids is 1. The van der Waals surface area contributed by atoms with Crippen molar-refractivity contribution in [3.63, 3.8) is 0 Å². The van der Waals surface area contributed by atoms with Crippen LogP contribution in [0.25, 0.3) is 0 Å². The zero-order chi connectivity index (χ0) is 11.9. The summed E-state index contributed by atoms with van der Waals surface area (Å²) in [6, 6.07) is 0. The Bertz CT molecular complexity index is 433. The monoisotopic (exact) mass is 234 g/mol. The van der Waals surface area contributed by atoms with E-state index in [0.29, 0.717) is 6.54 Å². The second-order valence-electron chi connectivity index (χ2n) is 5.13. The van der Waals surface area contributed by atoms with E-state index in [1.54, 1.807) is 6.20 Å². The topological polar surface area (TPSA) is 64.2 Å². The summed E-state index contributed by atoms with van der Waals surface area (Å²) in [7, 11) is 0. The smallest absolute Gasteiger partial charge is 0.243 e. The van der Waals surface area contributed by atoms with Gasteiger partial charge in [0.05, 0.1) is 12.1 Å². The van der Waals surface area contributed by atoms with Crippen LogP contribution < -0.4 is 5.73 Å². The molecule has 5 nitrogen and oxygen atoms in total. The van der Waals surface area contributed by atoms with Gasteiger partial charge in [-0.15, -0.1) is 0 Å². The van der Waals surface area contributed by atoms with Gasteiger partial charge >= 0.3 is 0 Å². The number of nitrogens with two attached hydrogens (primary N) is 1. The fourth-order valence-electron chi connectivity index (χ4n) is 2.88. The van der Waals surface area contributed by atoms with Gasteiger partial charge < -0.3 is 15.2 Å². The van der Waals surface area contributed by atoms with Crippen LogP contribution in [-0.2, 0) is 17.9 Å². The van der Waals surface area contributed by atoms with Crippen LogP contribution in [-0.4, -0.2) is 32.4 Å². The zero-order valence-corrected chi connectivity index (χ0v) is 9.93. The van der Waals surface area contributed by atoms with Crippen molar-refractivity contribution in [1.29, 1.82) is 0 Å². The minimum absolute atomic E-state index is 0.115. The first kappa shape index (κ1) is 10.8. The maximum Gasteiger partial charge on any atom is 0.243 e. The highest BCUT2D eigenvalue weighted by Gasteiger charge is 2.40. The summed E-state index contributed by atoms with van der Waals surface area (Å²) in [5.41, 5.74) is 5.61. The molecule has 1 aromatic rings. The standard InChI is InChI=1S/C12H18N4O/c13-12(3-1-2-4-12)11(17)16-8-7-15-6-5-14-10(15)9-16/h5-6H,1-4,7-9,13H2. The van der Waals surface area contributed by atoms with E-state index < -0.39 is 5.54 Å². The molecule has 2 heterocycles. The maximum absolute atomic E-state index is 12.4. The predicted octanol–water partition coefficient (Wildman–Crippen LogP) is 0.497. The van der Waals surface area contributed by atoms with Gasteiger partial charge in [0.25, 0.3) is 0 Å². The van der Waals surface area contributed by atoms with Crippen LogP contribution >= 0.6 is 0 Å². The van der Waals surface area contributed by atoms with Crippen molar-refractivity contribution >= 4 is 5.91 Å². The van der Waals surface area contributed by atoms with E-state index in [9.17, 15) is 4.79 Å². The van der Waals surface area contributed by atoms with Crippen molar-refractivity contribution in [2.75, 3.05) is 6.54 Å². The van der Waals surface area contributed by atoms with Crippen LogP contribution in [0.15, 0.2) is 12.4 Å². The van der Waals surface area contributed by atoms with Gasteiger partial charge in [0, 0.05) is 25.5 Å². The Morgan fingerprint density at radius 3 is 2.88 bits per heavy atom. The van der Waals surface area contributed by atoms with Gasteiger partial charge in [-0.25, -0.2) is 4.98 Å². The van der Waals surface area contributed by atoms with Gasteiger partial charge in [0.2, 0.25) is 5.91 Å². The van der Waals surface area contributed by atoms with Gasteiger partial charge in [-0.1, -0.05) is 12.8 Å². The lowest BCUT2D eigenvalue weighted by Crippen LogP contribution is -2.55. The molecule has 1 fully saturated rings. The molecule has 1 aliphatic heterocycles. The molecule has 0 bridgehead atoms. The number of carbonyl (C=O) groups is 1. The van der Waals surface area contributed by atoms with Gasteiger partial charge in [-0.3, -0.25) is 4.79 Å². The van der Waals surface area contributed by atoms with E-state index in [1.807, 2.05) is 11.1 Å². The summed E-state index contributed by atoms with van der Waals surface area (Å²) in [5.74, 6) is 1.08. The highest BCUT2D eigenvalue weighted by Crippen LogP contribution is 2.29. The van der Waals surface area contributed by atoms with Crippen molar-refractivity contribution in [3.8, 4) is 0 Å². The van der Waals surface area contributed by atoms with Gasteiger partial charge in [-0.05, 0) is 12.8 Å². The van der Waals surface area contributed by atoms with Crippen LogP contribution in [0.1, 0.15) is 31.5 Å². The van der Waals surface area contributed by atoms with Crippen molar-refractivity contribution in [1.82, 2.24) is 14.5 Å². The maximum atomic E-state index is 12.4. The Morgan fingerprint density at radius 1 is 1.35 bits per heavy atom. The Morgan fingerprint density at radius 2 is 2.12 bits per heavy atom. The number of aromatic nitrogens is 2. The molecule has 0 atom stereocenters. The summed E-state index contributed by atoms with van der Waals surface area (Å²) in [4.78, 5) is 18.6. The normalized spacial score (nSPS) is 22.5. The molecule has 1 aliphatic carbocycles. The van der Waals surface area contributed by atoms with Crippen LogP contribution in [0.2, 0.25) is 0 Å². The Kier molecular flexibility index (Phi) is 2.43. The third-order valence-electron chi connectivity index (χ3n) is 3.95. The fourth-order valence-corrected chi connectivity index (χ4v) is 2.88. The van der Waals surface area contributed by atoms with E-state index in [0.717, 1.165) is 44.6 Å². The first-order chi connectivity index (χ1) is 8.19. The summed E-state index contributed by atoms with van der Waals surface area (Å²) in [6.45, 7) is 2.18. The van der Waals surface area contributed by atoms with Crippen molar-refractivity contribution in [3.05, 3.63) is 18.2 Å². The van der Waals surface area contributed by atoms with Crippen LogP contribution in [0.5, 0.6) is 0 Å². The summed E-state index contributed by atoms with van der Waals surface area (Å²) in [6.07, 6.45) is 7.56. The van der Waals surface area contributed by atoms with Crippen LogP contribution in [0.4, 0.5) is 0 Å². The second kappa shape index (κ2) is 3.84. The quantitative estimate of drug-likeness (QED) is 0.769. The Labute approximate surface area is 101 Å². The molecule has 0 spiro atoms.